The van der Waals surface area contributed by atoms with Crippen molar-refractivity contribution in [1.82, 2.24) is 4.90 Å². The fourth-order valence-electron chi connectivity index (χ4n) is 3.15. The van der Waals surface area contributed by atoms with Crippen molar-refractivity contribution in [3.05, 3.63) is 87.0 Å². The fourth-order valence-corrected chi connectivity index (χ4v) is 4.19. The fraction of sp³-hybridized carbons (Fsp3) is 0.0870. The number of nitrogens with zero attached hydrogens (tertiary/aromatic N) is 3. The van der Waals surface area contributed by atoms with E-state index < -0.39 is 10.9 Å². The van der Waals surface area contributed by atoms with Crippen LogP contribution in [0.15, 0.2) is 75.0 Å². The van der Waals surface area contributed by atoms with E-state index in [0.29, 0.717) is 39.4 Å². The van der Waals surface area contributed by atoms with E-state index in [1.165, 1.54) is 40.9 Å². The zero-order valence-electron chi connectivity index (χ0n) is 17.3. The third-order valence-corrected chi connectivity index (χ3v) is 5.79. The van der Waals surface area contributed by atoms with E-state index in [1.807, 2.05) is 6.92 Å². The van der Waals surface area contributed by atoms with Crippen LogP contribution < -0.4 is 0 Å². The van der Waals surface area contributed by atoms with Crippen LogP contribution in [0.1, 0.15) is 23.0 Å². The van der Waals surface area contributed by atoms with Gasteiger partial charge in [0.05, 0.1) is 21.1 Å². The van der Waals surface area contributed by atoms with Crippen molar-refractivity contribution in [2.45, 2.75) is 6.92 Å². The average Bonchev–Trinajstić information content (AvgIpc) is 3.39. The molecule has 10 heteroatoms. The molecule has 1 aliphatic rings. The number of amides is 1. The Morgan fingerprint density at radius 2 is 1.97 bits per heavy atom. The second-order valence-corrected chi connectivity index (χ2v) is 7.93. The monoisotopic (exact) mass is 463 g/mol. The van der Waals surface area contributed by atoms with E-state index in [1.54, 1.807) is 42.5 Å². The van der Waals surface area contributed by atoms with Crippen LogP contribution in [0.4, 0.5) is 11.4 Å². The smallest absolute Gasteiger partial charge is 0.335 e. The van der Waals surface area contributed by atoms with Gasteiger partial charge in [-0.2, -0.15) is 0 Å². The van der Waals surface area contributed by atoms with Gasteiger partial charge < -0.3 is 9.52 Å². The second kappa shape index (κ2) is 9.13. The molecule has 0 atom stereocenters. The summed E-state index contributed by atoms with van der Waals surface area (Å²) in [7, 11) is 0. The highest BCUT2D eigenvalue weighted by atomic mass is 32.2. The number of nitro benzene ring substituents is 1. The molecule has 1 N–H and O–H groups in total. The van der Waals surface area contributed by atoms with Gasteiger partial charge in [-0.3, -0.25) is 19.8 Å². The molecule has 2 aromatic carbocycles. The lowest BCUT2D eigenvalue weighted by Gasteiger charge is -2.11. The molecule has 1 amide bonds. The standard InChI is InChI=1S/C23H17N3O6S/c1-2-25-21(27)20(33-23(25)24-16-8-6-14(7-9-16)22(28)29)13-18-10-11-19(32-18)15-4-3-5-17(12-15)26(30)31/h3-13H,2H2,1H3,(H,28,29)/b20-13+,24-23?. The molecule has 1 aromatic heterocycles. The van der Waals surface area contributed by atoms with E-state index in [-0.39, 0.29) is 17.2 Å². The first-order chi connectivity index (χ1) is 15.9. The molecule has 1 fully saturated rings. The van der Waals surface area contributed by atoms with E-state index in [9.17, 15) is 19.7 Å². The number of likely N-dealkylation sites (N-methyl/N-ethyl adjacent to an activating group) is 1. The van der Waals surface area contributed by atoms with Gasteiger partial charge in [0, 0.05) is 30.3 Å². The minimum atomic E-state index is -1.03. The summed E-state index contributed by atoms with van der Waals surface area (Å²) in [6.45, 7) is 2.24. The molecule has 1 saturated heterocycles. The summed E-state index contributed by atoms with van der Waals surface area (Å²) in [4.78, 5) is 40.8. The summed E-state index contributed by atoms with van der Waals surface area (Å²) in [6, 6.07) is 15.5. The molecule has 166 valence electrons. The predicted octanol–water partition coefficient (Wildman–Crippen LogP) is 5.18. The van der Waals surface area contributed by atoms with Crippen LogP contribution in [0, 0.1) is 10.1 Å². The quantitative estimate of drug-likeness (QED) is 0.303. The highest BCUT2D eigenvalue weighted by Gasteiger charge is 2.32. The molecule has 0 bridgehead atoms. The third-order valence-electron chi connectivity index (χ3n) is 4.78. The van der Waals surface area contributed by atoms with E-state index in [4.69, 9.17) is 9.52 Å². The van der Waals surface area contributed by atoms with Gasteiger partial charge >= 0.3 is 5.97 Å². The Morgan fingerprint density at radius 3 is 2.64 bits per heavy atom. The molecular weight excluding hydrogens is 446 g/mol. The maximum absolute atomic E-state index is 12.8. The maximum atomic E-state index is 12.8. The minimum Gasteiger partial charge on any atom is -0.478 e. The van der Waals surface area contributed by atoms with E-state index in [2.05, 4.69) is 4.99 Å². The van der Waals surface area contributed by atoms with Gasteiger partial charge in [-0.25, -0.2) is 9.79 Å². The maximum Gasteiger partial charge on any atom is 0.335 e. The number of amidine groups is 1. The summed E-state index contributed by atoms with van der Waals surface area (Å²) < 4.78 is 5.79. The second-order valence-electron chi connectivity index (χ2n) is 6.92. The van der Waals surface area contributed by atoms with Crippen molar-refractivity contribution in [1.29, 1.82) is 0 Å². The lowest BCUT2D eigenvalue weighted by atomic mass is 10.1. The number of hydrogen-bond donors (Lipinski definition) is 1. The molecule has 0 saturated carbocycles. The lowest BCUT2D eigenvalue weighted by Crippen LogP contribution is -2.28. The summed E-state index contributed by atoms with van der Waals surface area (Å²) in [5.74, 6) is -0.379. The molecule has 0 unspecified atom stereocenters. The Balaban J connectivity index is 1.59. The summed E-state index contributed by atoms with van der Waals surface area (Å²) in [6.07, 6.45) is 1.60. The Morgan fingerprint density at radius 1 is 1.21 bits per heavy atom. The molecular formula is C23H17N3O6S. The number of aliphatic imine (C=N–C) groups is 1. The number of benzene rings is 2. The molecule has 4 rings (SSSR count). The molecule has 3 aromatic rings. The highest BCUT2D eigenvalue weighted by Crippen LogP contribution is 2.35. The topological polar surface area (TPSA) is 126 Å². The van der Waals surface area contributed by atoms with Gasteiger partial charge in [-0.05, 0) is 55.1 Å². The van der Waals surface area contributed by atoms with E-state index in [0.717, 1.165) is 0 Å². The van der Waals surface area contributed by atoms with Gasteiger partial charge in [-0.15, -0.1) is 0 Å². The van der Waals surface area contributed by atoms with Crippen LogP contribution in [0.25, 0.3) is 17.4 Å². The van der Waals surface area contributed by atoms with Gasteiger partial charge in [0.15, 0.2) is 5.17 Å². The van der Waals surface area contributed by atoms with Crippen molar-refractivity contribution in [2.75, 3.05) is 6.54 Å². The number of carbonyl (C=O) groups is 2. The number of hydrogen-bond acceptors (Lipinski definition) is 7. The summed E-state index contributed by atoms with van der Waals surface area (Å²) >= 11 is 1.18. The molecule has 9 nitrogen and oxygen atoms in total. The van der Waals surface area contributed by atoms with Crippen LogP contribution in [0.3, 0.4) is 0 Å². The number of nitro groups is 1. The highest BCUT2D eigenvalue weighted by molar-refractivity contribution is 8.18. The van der Waals surface area contributed by atoms with Crippen molar-refractivity contribution in [3.63, 3.8) is 0 Å². The van der Waals surface area contributed by atoms with Crippen molar-refractivity contribution < 1.29 is 24.0 Å². The molecule has 0 spiro atoms. The molecule has 1 aliphatic heterocycles. The van der Waals surface area contributed by atoms with Gasteiger partial charge in [0.1, 0.15) is 11.5 Å². The zero-order chi connectivity index (χ0) is 23.5. The van der Waals surface area contributed by atoms with Crippen LogP contribution in [0.2, 0.25) is 0 Å². The van der Waals surface area contributed by atoms with E-state index >= 15 is 0 Å². The van der Waals surface area contributed by atoms with Crippen LogP contribution >= 0.6 is 11.8 Å². The number of rotatable bonds is 6. The first kappa shape index (κ1) is 22.0. The number of thioether (sulfide) groups is 1. The first-order valence-electron chi connectivity index (χ1n) is 9.84. The first-order valence-corrected chi connectivity index (χ1v) is 10.7. The number of non-ortho nitro benzene ring substituents is 1. The molecule has 2 heterocycles. The molecule has 0 radical (unpaired) electrons. The average molecular weight is 463 g/mol. The Bertz CT molecular complexity index is 1310. The molecule has 33 heavy (non-hydrogen) atoms. The van der Waals surface area contributed by atoms with Crippen molar-refractivity contribution in [2.24, 2.45) is 4.99 Å². The van der Waals surface area contributed by atoms with Crippen molar-refractivity contribution >= 4 is 46.3 Å². The largest absolute Gasteiger partial charge is 0.478 e. The Hall–Kier alpha value is -4.18. The number of furan rings is 1. The number of aromatic carboxylic acids is 1. The summed E-state index contributed by atoms with van der Waals surface area (Å²) in [5, 5.41) is 20.5. The zero-order valence-corrected chi connectivity index (χ0v) is 18.1. The van der Waals surface area contributed by atoms with Crippen LogP contribution in [-0.4, -0.2) is 38.5 Å². The summed E-state index contributed by atoms with van der Waals surface area (Å²) in [5.41, 5.74) is 1.20. The predicted molar refractivity (Wildman–Crippen MR) is 124 cm³/mol. The number of carbonyl (C=O) groups excluding carboxylic acids is 1. The third kappa shape index (κ3) is 4.70. The van der Waals surface area contributed by atoms with Crippen LogP contribution in [-0.2, 0) is 4.79 Å². The Kier molecular flexibility index (Phi) is 6.09. The number of carboxylic acids is 1. The molecule has 0 aliphatic carbocycles. The van der Waals surface area contributed by atoms with Gasteiger partial charge in [0.2, 0.25) is 0 Å². The number of carboxylic acid groups (broad SMARTS) is 1. The lowest BCUT2D eigenvalue weighted by molar-refractivity contribution is -0.384. The minimum absolute atomic E-state index is 0.0406. The normalized spacial score (nSPS) is 16.0. The van der Waals surface area contributed by atoms with Gasteiger partial charge in [0.25, 0.3) is 11.6 Å². The van der Waals surface area contributed by atoms with Crippen LogP contribution in [0.5, 0.6) is 0 Å². The Labute approximate surface area is 192 Å². The van der Waals surface area contributed by atoms with Gasteiger partial charge in [-0.1, -0.05) is 12.1 Å². The SMILES string of the molecule is CCN1C(=O)/C(=C\c2ccc(-c3cccc([N+](=O)[O-])c3)o2)SC1=Nc1ccc(C(=O)O)cc1. The van der Waals surface area contributed by atoms with Crippen molar-refractivity contribution in [3.8, 4) is 11.3 Å².